The lowest BCUT2D eigenvalue weighted by molar-refractivity contribution is 0.529. The number of nitrogens with zero attached hydrogens (tertiary/aromatic N) is 2. The average Bonchev–Trinajstić information content (AvgIpc) is 2.78. The van der Waals surface area contributed by atoms with Gasteiger partial charge in [-0.15, -0.1) is 0 Å². The number of hydrogen-bond acceptors (Lipinski definition) is 3. The van der Waals surface area contributed by atoms with Gasteiger partial charge >= 0.3 is 0 Å². The van der Waals surface area contributed by atoms with Crippen molar-refractivity contribution in [1.29, 1.82) is 0 Å². The highest BCUT2D eigenvalue weighted by atomic mass is 15.2. The van der Waals surface area contributed by atoms with Gasteiger partial charge < -0.3 is 10.6 Å². The van der Waals surface area contributed by atoms with E-state index < -0.39 is 0 Å². The van der Waals surface area contributed by atoms with E-state index in [0.717, 1.165) is 23.8 Å². The molecular weight excluding hydrogens is 198 g/mol. The number of aromatic nitrogens is 1. The molecule has 1 atom stereocenters. The molecule has 88 valence electrons. The summed E-state index contributed by atoms with van der Waals surface area (Å²) < 4.78 is 0. The molecule has 0 amide bonds. The van der Waals surface area contributed by atoms with E-state index in [1.54, 1.807) is 0 Å². The van der Waals surface area contributed by atoms with Gasteiger partial charge in [-0.05, 0) is 30.4 Å². The Morgan fingerprint density at radius 2 is 2.38 bits per heavy atom. The smallest absolute Gasteiger partial charge is 0.128 e. The van der Waals surface area contributed by atoms with E-state index in [2.05, 4.69) is 28.9 Å². The molecule has 1 unspecified atom stereocenters. The van der Waals surface area contributed by atoms with Crippen LogP contribution in [0.4, 0.5) is 5.82 Å². The second-order valence-corrected chi connectivity index (χ2v) is 4.62. The van der Waals surface area contributed by atoms with Gasteiger partial charge in [-0.25, -0.2) is 4.98 Å². The van der Waals surface area contributed by atoms with Gasteiger partial charge in [-0.2, -0.15) is 0 Å². The van der Waals surface area contributed by atoms with E-state index in [9.17, 15) is 0 Å². The minimum absolute atomic E-state index is 0.575. The van der Waals surface area contributed by atoms with Crippen LogP contribution < -0.4 is 10.6 Å². The van der Waals surface area contributed by atoms with Crippen LogP contribution in [0.15, 0.2) is 18.3 Å². The first-order chi connectivity index (χ1) is 7.83. The van der Waals surface area contributed by atoms with Crippen molar-refractivity contribution in [3.8, 4) is 0 Å². The third-order valence-electron chi connectivity index (χ3n) is 3.35. The molecule has 3 nitrogen and oxygen atoms in total. The zero-order valence-electron chi connectivity index (χ0n) is 10.0. The summed E-state index contributed by atoms with van der Waals surface area (Å²) in [7, 11) is 0. The molecule has 3 heteroatoms. The third kappa shape index (κ3) is 2.53. The molecule has 0 saturated carbocycles. The zero-order valence-corrected chi connectivity index (χ0v) is 10.0. The van der Waals surface area contributed by atoms with Crippen LogP contribution in [-0.4, -0.2) is 18.1 Å². The Labute approximate surface area is 97.7 Å². The highest BCUT2D eigenvalue weighted by Gasteiger charge is 2.22. The third-order valence-corrected chi connectivity index (χ3v) is 3.35. The molecule has 0 aromatic carbocycles. The Hall–Kier alpha value is -1.09. The van der Waals surface area contributed by atoms with Crippen molar-refractivity contribution in [3.63, 3.8) is 0 Å². The fourth-order valence-electron chi connectivity index (χ4n) is 2.41. The molecular formula is C13H21N3. The van der Waals surface area contributed by atoms with E-state index >= 15 is 0 Å². The van der Waals surface area contributed by atoms with Crippen LogP contribution in [0.1, 0.15) is 31.7 Å². The minimum atomic E-state index is 0.575. The number of pyridine rings is 1. The highest BCUT2D eigenvalue weighted by Crippen LogP contribution is 2.24. The predicted octanol–water partition coefficient (Wildman–Crippen LogP) is 2.17. The summed E-state index contributed by atoms with van der Waals surface area (Å²) in [6.45, 7) is 5.16. The molecule has 1 fully saturated rings. The van der Waals surface area contributed by atoms with Gasteiger partial charge in [0.15, 0.2) is 0 Å². The van der Waals surface area contributed by atoms with Crippen LogP contribution in [0.3, 0.4) is 0 Å². The quantitative estimate of drug-likeness (QED) is 0.844. The van der Waals surface area contributed by atoms with Crippen molar-refractivity contribution >= 4 is 5.82 Å². The molecule has 0 radical (unpaired) electrons. The summed E-state index contributed by atoms with van der Waals surface area (Å²) in [4.78, 5) is 6.86. The van der Waals surface area contributed by atoms with Gasteiger partial charge in [0.25, 0.3) is 0 Å². The SMILES string of the molecule is CCCC1CCN(c2ccc(CN)cn2)C1. The van der Waals surface area contributed by atoms with Crippen molar-refractivity contribution in [3.05, 3.63) is 23.9 Å². The van der Waals surface area contributed by atoms with Crippen LogP contribution >= 0.6 is 0 Å². The molecule has 1 aliphatic heterocycles. The summed E-state index contributed by atoms with van der Waals surface area (Å²) in [5.41, 5.74) is 6.67. The second-order valence-electron chi connectivity index (χ2n) is 4.62. The number of nitrogens with two attached hydrogens (primary N) is 1. The van der Waals surface area contributed by atoms with Crippen LogP contribution in [-0.2, 0) is 6.54 Å². The molecule has 0 spiro atoms. The summed E-state index contributed by atoms with van der Waals surface area (Å²) >= 11 is 0. The first kappa shape index (κ1) is 11.4. The van der Waals surface area contributed by atoms with Gasteiger partial charge in [0.2, 0.25) is 0 Å². The fourth-order valence-corrected chi connectivity index (χ4v) is 2.41. The summed E-state index contributed by atoms with van der Waals surface area (Å²) in [6.07, 6.45) is 5.84. The standard InChI is InChI=1S/C13H21N3/c1-2-3-11-6-7-16(10-11)13-5-4-12(8-14)9-15-13/h4-5,9,11H,2-3,6-8,10,14H2,1H3. The molecule has 1 aromatic rings. The number of anilines is 1. The van der Waals surface area contributed by atoms with Crippen molar-refractivity contribution in [2.24, 2.45) is 11.7 Å². The van der Waals surface area contributed by atoms with E-state index in [0.29, 0.717) is 6.54 Å². The lowest BCUT2D eigenvalue weighted by atomic mass is 10.0. The fraction of sp³-hybridized carbons (Fsp3) is 0.615. The first-order valence-corrected chi connectivity index (χ1v) is 6.23. The Kier molecular flexibility index (Phi) is 3.78. The molecule has 2 rings (SSSR count). The van der Waals surface area contributed by atoms with Crippen LogP contribution in [0.2, 0.25) is 0 Å². The highest BCUT2D eigenvalue weighted by molar-refractivity contribution is 5.40. The monoisotopic (exact) mass is 219 g/mol. The number of hydrogen-bond donors (Lipinski definition) is 1. The molecule has 2 N–H and O–H groups in total. The van der Waals surface area contributed by atoms with Crippen molar-refractivity contribution < 1.29 is 0 Å². The first-order valence-electron chi connectivity index (χ1n) is 6.23. The topological polar surface area (TPSA) is 42.1 Å². The normalized spacial score (nSPS) is 20.4. The van der Waals surface area contributed by atoms with Crippen molar-refractivity contribution in [1.82, 2.24) is 4.98 Å². The van der Waals surface area contributed by atoms with Crippen LogP contribution in [0.5, 0.6) is 0 Å². The predicted molar refractivity (Wildman–Crippen MR) is 67.4 cm³/mol. The van der Waals surface area contributed by atoms with Gasteiger partial charge in [0.05, 0.1) is 0 Å². The second kappa shape index (κ2) is 5.30. The lowest BCUT2D eigenvalue weighted by Crippen LogP contribution is -2.20. The Morgan fingerprint density at radius 3 is 3.00 bits per heavy atom. The lowest BCUT2D eigenvalue weighted by Gasteiger charge is -2.17. The maximum absolute atomic E-state index is 5.56. The van der Waals surface area contributed by atoms with E-state index in [4.69, 9.17) is 5.73 Å². The average molecular weight is 219 g/mol. The zero-order chi connectivity index (χ0) is 11.4. The van der Waals surface area contributed by atoms with E-state index in [1.807, 2.05) is 6.20 Å². The van der Waals surface area contributed by atoms with Gasteiger partial charge in [0.1, 0.15) is 5.82 Å². The van der Waals surface area contributed by atoms with Crippen molar-refractivity contribution in [2.75, 3.05) is 18.0 Å². The van der Waals surface area contributed by atoms with Gasteiger partial charge in [0, 0.05) is 25.8 Å². The van der Waals surface area contributed by atoms with E-state index in [-0.39, 0.29) is 0 Å². The Balaban J connectivity index is 1.97. The molecule has 1 aromatic heterocycles. The molecule has 2 heterocycles. The van der Waals surface area contributed by atoms with Crippen molar-refractivity contribution in [2.45, 2.75) is 32.7 Å². The van der Waals surface area contributed by atoms with E-state index in [1.165, 1.54) is 25.8 Å². The maximum atomic E-state index is 5.56. The molecule has 1 saturated heterocycles. The Bertz CT molecular complexity index is 320. The molecule has 0 bridgehead atoms. The summed E-state index contributed by atoms with van der Waals surface area (Å²) in [5, 5.41) is 0. The van der Waals surface area contributed by atoms with Gasteiger partial charge in [-0.3, -0.25) is 0 Å². The molecule has 0 aliphatic carbocycles. The summed E-state index contributed by atoms with van der Waals surface area (Å²) in [6, 6.07) is 4.17. The maximum Gasteiger partial charge on any atom is 0.128 e. The largest absolute Gasteiger partial charge is 0.356 e. The van der Waals surface area contributed by atoms with Crippen LogP contribution in [0, 0.1) is 5.92 Å². The molecule has 1 aliphatic rings. The van der Waals surface area contributed by atoms with Gasteiger partial charge in [-0.1, -0.05) is 19.4 Å². The minimum Gasteiger partial charge on any atom is -0.356 e. The molecule has 16 heavy (non-hydrogen) atoms. The van der Waals surface area contributed by atoms with Crippen LogP contribution in [0.25, 0.3) is 0 Å². The summed E-state index contributed by atoms with van der Waals surface area (Å²) in [5.74, 6) is 1.97. The number of rotatable bonds is 4. The Morgan fingerprint density at radius 1 is 1.50 bits per heavy atom.